The van der Waals surface area contributed by atoms with Crippen molar-refractivity contribution >= 4 is 5.97 Å². The van der Waals surface area contributed by atoms with Crippen LogP contribution in [-0.4, -0.2) is 29.2 Å². The molecule has 1 aromatic rings. The van der Waals surface area contributed by atoms with Crippen molar-refractivity contribution in [3.63, 3.8) is 0 Å². The summed E-state index contributed by atoms with van der Waals surface area (Å²) in [5, 5.41) is 2.98. The zero-order chi connectivity index (χ0) is 11.5. The van der Waals surface area contributed by atoms with Gasteiger partial charge in [0.2, 0.25) is 0 Å². The molecule has 0 bridgehead atoms. The molecule has 16 heavy (non-hydrogen) atoms. The smallest absolute Gasteiger partial charge is 0.329 e. The number of nitrogens with one attached hydrogen (secondary N) is 1. The van der Waals surface area contributed by atoms with Gasteiger partial charge >= 0.3 is 5.97 Å². The van der Waals surface area contributed by atoms with E-state index in [1.165, 1.54) is 12.8 Å². The van der Waals surface area contributed by atoms with Crippen LogP contribution in [0, 0.1) is 0 Å². The highest BCUT2D eigenvalue weighted by Gasteiger charge is 2.30. The number of nitrogens with zero attached hydrogens (tertiary/aromatic N) is 2. The van der Waals surface area contributed by atoms with E-state index in [9.17, 15) is 4.79 Å². The van der Waals surface area contributed by atoms with Crippen molar-refractivity contribution in [3.8, 4) is 0 Å². The number of esters is 1. The van der Waals surface area contributed by atoms with Crippen LogP contribution in [0.1, 0.15) is 37.5 Å². The number of carbonyl (C=O) groups is 1. The molecule has 0 saturated heterocycles. The van der Waals surface area contributed by atoms with Crippen LogP contribution in [0.5, 0.6) is 0 Å². The van der Waals surface area contributed by atoms with E-state index < -0.39 is 6.04 Å². The summed E-state index contributed by atoms with van der Waals surface area (Å²) in [6.07, 6.45) is 5.86. The summed E-state index contributed by atoms with van der Waals surface area (Å²) < 4.78 is 7.10. The zero-order valence-electron chi connectivity index (χ0n) is 9.64. The van der Waals surface area contributed by atoms with Gasteiger partial charge in [-0.1, -0.05) is 0 Å². The number of hydrogen-bond acceptors (Lipinski definition) is 4. The van der Waals surface area contributed by atoms with Crippen molar-refractivity contribution in [1.29, 1.82) is 0 Å². The maximum Gasteiger partial charge on any atom is 0.329 e. The topological polar surface area (TPSA) is 56.1 Å². The number of hydrogen-bond donors (Lipinski definition) is 1. The number of imidazole rings is 1. The third-order valence-corrected chi connectivity index (χ3v) is 2.74. The Morgan fingerprint density at radius 2 is 2.50 bits per heavy atom. The largest absolute Gasteiger partial charge is 0.465 e. The molecule has 5 heteroatoms. The fourth-order valence-corrected chi connectivity index (χ4v) is 1.81. The van der Waals surface area contributed by atoms with Gasteiger partial charge < -0.3 is 14.6 Å². The summed E-state index contributed by atoms with van der Waals surface area (Å²) in [4.78, 5) is 15.9. The lowest BCUT2D eigenvalue weighted by Crippen LogP contribution is -2.29. The maximum absolute atomic E-state index is 11.7. The number of ether oxygens (including phenoxy) is 1. The first-order valence-corrected chi connectivity index (χ1v) is 5.63. The fraction of sp³-hybridized carbons (Fsp3) is 0.636. The molecular weight excluding hydrogens is 206 g/mol. The number of aromatic nitrogens is 2. The first-order chi connectivity index (χ1) is 7.77. The van der Waals surface area contributed by atoms with Gasteiger partial charge in [0.05, 0.1) is 24.8 Å². The summed E-state index contributed by atoms with van der Waals surface area (Å²) in [6, 6.07) is 0.103. The van der Waals surface area contributed by atoms with Gasteiger partial charge in [-0.2, -0.15) is 0 Å². The highest BCUT2D eigenvalue weighted by molar-refractivity contribution is 5.77. The molecular formula is C11H17N3O2. The monoisotopic (exact) mass is 223 g/mol. The second-order valence-corrected chi connectivity index (χ2v) is 3.93. The number of likely N-dealkylation sites (N-methyl/N-ethyl adjacent to an activating group) is 1. The lowest BCUT2D eigenvalue weighted by molar-refractivity contribution is -0.145. The molecule has 1 aliphatic rings. The first kappa shape index (κ1) is 11.1. The van der Waals surface area contributed by atoms with Crippen LogP contribution >= 0.6 is 0 Å². The molecule has 1 unspecified atom stereocenters. The van der Waals surface area contributed by atoms with Gasteiger partial charge in [-0.25, -0.2) is 9.78 Å². The van der Waals surface area contributed by atoms with Crippen LogP contribution in [0.15, 0.2) is 12.5 Å². The lowest BCUT2D eigenvalue weighted by atomic mass is 10.2. The van der Waals surface area contributed by atoms with E-state index in [1.54, 1.807) is 19.6 Å². The second kappa shape index (κ2) is 4.65. The Bertz CT molecular complexity index is 371. The minimum absolute atomic E-state index is 0.243. The van der Waals surface area contributed by atoms with Crippen molar-refractivity contribution in [2.75, 3.05) is 13.7 Å². The van der Waals surface area contributed by atoms with Gasteiger partial charge in [-0.15, -0.1) is 0 Å². The first-order valence-electron chi connectivity index (χ1n) is 5.63. The number of rotatable bonds is 5. The van der Waals surface area contributed by atoms with Crippen molar-refractivity contribution < 1.29 is 9.53 Å². The van der Waals surface area contributed by atoms with Crippen LogP contribution in [0.25, 0.3) is 0 Å². The lowest BCUT2D eigenvalue weighted by Gasteiger charge is -2.16. The van der Waals surface area contributed by atoms with Crippen molar-refractivity contribution in [3.05, 3.63) is 18.2 Å². The molecule has 1 N–H and O–H groups in total. The van der Waals surface area contributed by atoms with Gasteiger partial charge in [0.15, 0.2) is 0 Å². The molecule has 0 amide bonds. The van der Waals surface area contributed by atoms with Crippen molar-refractivity contribution in [2.45, 2.75) is 31.8 Å². The molecule has 1 aliphatic carbocycles. The van der Waals surface area contributed by atoms with E-state index >= 15 is 0 Å². The normalized spacial score (nSPS) is 17.1. The Morgan fingerprint density at radius 1 is 1.75 bits per heavy atom. The van der Waals surface area contributed by atoms with Crippen molar-refractivity contribution in [1.82, 2.24) is 14.9 Å². The fourth-order valence-electron chi connectivity index (χ4n) is 1.81. The predicted octanol–water partition coefficient (Wildman–Crippen LogP) is 1.04. The summed E-state index contributed by atoms with van der Waals surface area (Å²) >= 11 is 0. The van der Waals surface area contributed by atoms with E-state index in [2.05, 4.69) is 14.9 Å². The Morgan fingerprint density at radius 3 is 3.06 bits per heavy atom. The molecule has 0 radical (unpaired) electrons. The number of carbonyl (C=O) groups excluding carboxylic acids is 1. The molecule has 1 fully saturated rings. The predicted molar refractivity (Wildman–Crippen MR) is 58.9 cm³/mol. The Balaban J connectivity index is 2.18. The molecule has 5 nitrogen and oxygen atoms in total. The summed E-state index contributed by atoms with van der Waals surface area (Å²) in [6.45, 7) is 2.21. The van der Waals surface area contributed by atoms with Crippen LogP contribution in [0.2, 0.25) is 0 Å². The Labute approximate surface area is 94.8 Å². The Kier molecular flexibility index (Phi) is 3.24. The molecule has 1 heterocycles. The Hall–Kier alpha value is -1.36. The van der Waals surface area contributed by atoms with Gasteiger partial charge in [-0.05, 0) is 26.8 Å². The highest BCUT2D eigenvalue weighted by Crippen LogP contribution is 2.36. The van der Waals surface area contributed by atoms with Crippen LogP contribution in [-0.2, 0) is 9.53 Å². The van der Waals surface area contributed by atoms with Gasteiger partial charge in [0.1, 0.15) is 6.04 Å². The molecule has 0 spiro atoms. The van der Waals surface area contributed by atoms with Gasteiger partial charge in [-0.3, -0.25) is 0 Å². The van der Waals surface area contributed by atoms with Crippen LogP contribution in [0.3, 0.4) is 0 Å². The third kappa shape index (κ3) is 2.09. The van der Waals surface area contributed by atoms with Crippen LogP contribution in [0.4, 0.5) is 0 Å². The van der Waals surface area contributed by atoms with E-state index in [4.69, 9.17) is 4.74 Å². The molecule has 1 atom stereocenters. The summed E-state index contributed by atoms with van der Waals surface area (Å²) in [7, 11) is 1.76. The standard InChI is InChI=1S/C11H17N3O2/c1-3-16-11(15)10(12-2)9-6-13-7-14(9)8-4-5-8/h6-8,10,12H,3-5H2,1-2H3. The molecule has 0 aromatic carbocycles. The zero-order valence-corrected chi connectivity index (χ0v) is 9.64. The molecule has 1 aromatic heterocycles. The van der Waals surface area contributed by atoms with E-state index in [1.807, 2.05) is 6.92 Å². The van der Waals surface area contributed by atoms with Gasteiger partial charge in [0, 0.05) is 6.04 Å². The maximum atomic E-state index is 11.7. The van der Waals surface area contributed by atoms with Gasteiger partial charge in [0.25, 0.3) is 0 Å². The van der Waals surface area contributed by atoms with Crippen molar-refractivity contribution in [2.24, 2.45) is 0 Å². The minimum atomic E-state index is -0.414. The quantitative estimate of drug-likeness (QED) is 0.758. The third-order valence-electron chi connectivity index (χ3n) is 2.74. The van der Waals surface area contributed by atoms with E-state index in [0.29, 0.717) is 12.6 Å². The SMILES string of the molecule is CCOC(=O)C(NC)c1cncn1C1CC1. The minimum Gasteiger partial charge on any atom is -0.465 e. The van der Waals surface area contributed by atoms with E-state index in [-0.39, 0.29) is 5.97 Å². The average Bonchev–Trinajstić information content (AvgIpc) is 3.01. The average molecular weight is 223 g/mol. The van der Waals surface area contributed by atoms with Crippen LogP contribution < -0.4 is 5.32 Å². The summed E-state index contributed by atoms with van der Waals surface area (Å²) in [5.74, 6) is -0.243. The second-order valence-electron chi connectivity index (χ2n) is 3.93. The molecule has 0 aliphatic heterocycles. The molecule has 1 saturated carbocycles. The highest BCUT2D eigenvalue weighted by atomic mass is 16.5. The molecule has 88 valence electrons. The van der Waals surface area contributed by atoms with E-state index in [0.717, 1.165) is 5.69 Å². The molecule has 2 rings (SSSR count). The summed E-state index contributed by atoms with van der Waals surface area (Å²) in [5.41, 5.74) is 0.892.